The minimum atomic E-state index is -0.344. The van der Waals surface area contributed by atoms with Crippen LogP contribution in [0.1, 0.15) is 21.6 Å². The molecule has 3 heteroatoms. The average Bonchev–Trinajstić information content (AvgIpc) is 2.62. The first-order chi connectivity index (χ1) is 10.8. The number of hydrogen-bond donors (Lipinski definition) is 0. The number of aromatic nitrogens is 1. The van der Waals surface area contributed by atoms with E-state index in [1.165, 1.54) is 0 Å². The number of hydrogen-bond acceptors (Lipinski definition) is 2. The van der Waals surface area contributed by atoms with Crippen molar-refractivity contribution in [2.24, 2.45) is 4.99 Å². The summed E-state index contributed by atoms with van der Waals surface area (Å²) in [6.45, 7) is 0. The molecule has 0 aliphatic heterocycles. The lowest BCUT2D eigenvalue weighted by molar-refractivity contribution is 0.0998. The molecule has 0 bridgehead atoms. The molecule has 106 valence electrons. The van der Waals surface area contributed by atoms with Crippen molar-refractivity contribution in [2.75, 3.05) is 0 Å². The largest absolute Gasteiger partial charge is 0.296 e. The number of pyridine rings is 1. The molecule has 0 radical (unpaired) electrons. The third-order valence-electron chi connectivity index (χ3n) is 3.19. The van der Waals surface area contributed by atoms with E-state index >= 15 is 0 Å². The summed E-state index contributed by atoms with van der Waals surface area (Å²) in [7, 11) is 0. The van der Waals surface area contributed by atoms with E-state index in [4.69, 9.17) is 0 Å². The molecule has 1 aromatic heterocycles. The zero-order valence-electron chi connectivity index (χ0n) is 11.9. The van der Waals surface area contributed by atoms with Gasteiger partial charge in [0.25, 0.3) is 5.91 Å². The number of benzene rings is 2. The van der Waals surface area contributed by atoms with Crippen LogP contribution in [-0.2, 0) is 0 Å². The maximum absolute atomic E-state index is 12.4. The maximum Gasteiger partial charge on any atom is 0.296 e. The summed E-state index contributed by atoms with van der Waals surface area (Å²) in [6.07, 6.45) is 1.59. The fourth-order valence-electron chi connectivity index (χ4n) is 2.14. The molecule has 22 heavy (non-hydrogen) atoms. The van der Waals surface area contributed by atoms with Gasteiger partial charge >= 0.3 is 0 Å². The van der Waals surface area contributed by atoms with E-state index < -0.39 is 0 Å². The second kappa shape index (κ2) is 6.59. The average molecular weight is 286 g/mol. The van der Waals surface area contributed by atoms with Gasteiger partial charge in [-0.2, -0.15) is 0 Å². The van der Waals surface area contributed by atoms with Gasteiger partial charge in [0.15, 0.2) is 0 Å². The van der Waals surface area contributed by atoms with Crippen molar-refractivity contribution >= 4 is 11.6 Å². The number of carbonyl (C=O) groups excluding carboxylic acids is 1. The lowest BCUT2D eigenvalue weighted by atomic mass is 10.0. The summed E-state index contributed by atoms with van der Waals surface area (Å²) in [5.74, 6) is -0.344. The molecule has 3 rings (SSSR count). The van der Waals surface area contributed by atoms with Gasteiger partial charge in [-0.25, -0.2) is 4.99 Å². The zero-order chi connectivity index (χ0) is 15.2. The lowest BCUT2D eigenvalue weighted by Gasteiger charge is -2.06. The maximum atomic E-state index is 12.4. The highest BCUT2D eigenvalue weighted by Gasteiger charge is 2.11. The van der Waals surface area contributed by atoms with E-state index in [2.05, 4.69) is 9.98 Å². The summed E-state index contributed by atoms with van der Waals surface area (Å²) >= 11 is 0. The standard InChI is InChI=1S/C19H14N2O/c22-19(17-13-7-8-14-20-17)21-18(15-9-3-1-4-10-15)16-11-5-2-6-12-16/h1-14H. The van der Waals surface area contributed by atoms with E-state index in [9.17, 15) is 4.79 Å². The molecule has 0 fully saturated rings. The van der Waals surface area contributed by atoms with Crippen LogP contribution in [0.15, 0.2) is 90.1 Å². The second-order valence-electron chi connectivity index (χ2n) is 4.71. The van der Waals surface area contributed by atoms with Gasteiger partial charge < -0.3 is 0 Å². The van der Waals surface area contributed by atoms with E-state index in [-0.39, 0.29) is 5.91 Å². The van der Waals surface area contributed by atoms with Crippen molar-refractivity contribution in [1.82, 2.24) is 4.98 Å². The van der Waals surface area contributed by atoms with Crippen molar-refractivity contribution in [1.29, 1.82) is 0 Å². The van der Waals surface area contributed by atoms with Crippen molar-refractivity contribution in [3.05, 3.63) is 102 Å². The SMILES string of the molecule is O=C(N=C(c1ccccc1)c1ccccc1)c1ccccn1. The Labute approximate surface area is 129 Å². The van der Waals surface area contributed by atoms with Crippen LogP contribution in [0.2, 0.25) is 0 Å². The molecule has 0 saturated heterocycles. The Bertz CT molecular complexity index is 740. The first-order valence-corrected chi connectivity index (χ1v) is 6.99. The van der Waals surface area contributed by atoms with Crippen molar-refractivity contribution in [3.63, 3.8) is 0 Å². The fourth-order valence-corrected chi connectivity index (χ4v) is 2.14. The molecule has 3 nitrogen and oxygen atoms in total. The predicted molar refractivity (Wildman–Crippen MR) is 87.1 cm³/mol. The van der Waals surface area contributed by atoms with Crippen molar-refractivity contribution in [3.8, 4) is 0 Å². The molecule has 0 aliphatic rings. The van der Waals surface area contributed by atoms with Gasteiger partial charge in [-0.3, -0.25) is 9.78 Å². The Morgan fingerprint density at radius 2 is 1.27 bits per heavy atom. The van der Waals surface area contributed by atoms with Crippen LogP contribution in [0.5, 0.6) is 0 Å². The number of aliphatic imine (C=N–C) groups is 1. The molecule has 0 aliphatic carbocycles. The van der Waals surface area contributed by atoms with Crippen LogP contribution in [-0.4, -0.2) is 16.6 Å². The molecule has 0 atom stereocenters. The van der Waals surface area contributed by atoms with Crippen molar-refractivity contribution in [2.45, 2.75) is 0 Å². The van der Waals surface area contributed by atoms with Gasteiger partial charge in [-0.1, -0.05) is 66.7 Å². The van der Waals surface area contributed by atoms with E-state index in [1.54, 1.807) is 24.4 Å². The van der Waals surface area contributed by atoms with Crippen LogP contribution < -0.4 is 0 Å². The normalized spacial score (nSPS) is 10.0. The molecule has 2 aromatic carbocycles. The molecule has 1 heterocycles. The van der Waals surface area contributed by atoms with Crippen molar-refractivity contribution < 1.29 is 4.79 Å². The van der Waals surface area contributed by atoms with Gasteiger partial charge in [0.05, 0.1) is 5.71 Å². The molecule has 0 saturated carbocycles. The summed E-state index contributed by atoms with van der Waals surface area (Å²) < 4.78 is 0. The van der Waals surface area contributed by atoms with Crippen LogP contribution in [0, 0.1) is 0 Å². The third-order valence-corrected chi connectivity index (χ3v) is 3.19. The lowest BCUT2D eigenvalue weighted by Crippen LogP contribution is -2.08. The highest BCUT2D eigenvalue weighted by Crippen LogP contribution is 2.12. The summed E-state index contributed by atoms with van der Waals surface area (Å²) in [4.78, 5) is 20.7. The Kier molecular flexibility index (Phi) is 4.16. The fraction of sp³-hybridized carbons (Fsp3) is 0. The monoisotopic (exact) mass is 286 g/mol. The molecule has 3 aromatic rings. The molecule has 0 unspecified atom stereocenters. The van der Waals surface area contributed by atoms with Crippen LogP contribution >= 0.6 is 0 Å². The smallest absolute Gasteiger partial charge is 0.265 e. The van der Waals surface area contributed by atoms with E-state index in [1.807, 2.05) is 60.7 Å². The Balaban J connectivity index is 2.06. The van der Waals surface area contributed by atoms with Gasteiger partial charge in [0.2, 0.25) is 0 Å². The molecular formula is C19H14N2O. The Morgan fingerprint density at radius 1 is 0.727 bits per heavy atom. The van der Waals surface area contributed by atoms with Gasteiger partial charge in [-0.15, -0.1) is 0 Å². The summed E-state index contributed by atoms with van der Waals surface area (Å²) in [6, 6.07) is 24.6. The number of carbonyl (C=O) groups is 1. The summed E-state index contributed by atoms with van der Waals surface area (Å²) in [5.41, 5.74) is 2.79. The topological polar surface area (TPSA) is 42.3 Å². The van der Waals surface area contributed by atoms with E-state index in [0.29, 0.717) is 11.4 Å². The molecule has 0 N–H and O–H groups in total. The Hall–Kier alpha value is -3.07. The molecule has 1 amide bonds. The molecule has 0 spiro atoms. The number of amides is 1. The van der Waals surface area contributed by atoms with Crippen LogP contribution in [0.3, 0.4) is 0 Å². The number of nitrogens with zero attached hydrogens (tertiary/aromatic N) is 2. The minimum absolute atomic E-state index is 0.340. The quantitative estimate of drug-likeness (QED) is 0.688. The second-order valence-corrected chi connectivity index (χ2v) is 4.71. The summed E-state index contributed by atoms with van der Waals surface area (Å²) in [5, 5.41) is 0. The van der Waals surface area contributed by atoms with E-state index in [0.717, 1.165) is 11.1 Å². The van der Waals surface area contributed by atoms with Gasteiger partial charge in [-0.05, 0) is 12.1 Å². The van der Waals surface area contributed by atoms with Crippen LogP contribution in [0.4, 0.5) is 0 Å². The zero-order valence-corrected chi connectivity index (χ0v) is 11.9. The van der Waals surface area contributed by atoms with Crippen LogP contribution in [0.25, 0.3) is 0 Å². The minimum Gasteiger partial charge on any atom is -0.265 e. The Morgan fingerprint density at radius 3 is 1.77 bits per heavy atom. The predicted octanol–water partition coefficient (Wildman–Crippen LogP) is 3.76. The first kappa shape index (κ1) is 13.9. The first-order valence-electron chi connectivity index (χ1n) is 6.99. The third kappa shape index (κ3) is 3.15. The highest BCUT2D eigenvalue weighted by molar-refractivity contribution is 6.18. The number of rotatable bonds is 3. The van der Waals surface area contributed by atoms with Gasteiger partial charge in [0.1, 0.15) is 5.69 Å². The highest BCUT2D eigenvalue weighted by atomic mass is 16.1. The molecular weight excluding hydrogens is 272 g/mol. The van der Waals surface area contributed by atoms with Gasteiger partial charge in [0, 0.05) is 17.3 Å².